The van der Waals surface area contributed by atoms with Crippen LogP contribution in [0.4, 0.5) is 0 Å². The molecule has 82 valence electrons. The third-order valence-electron chi connectivity index (χ3n) is 3.58. The monoisotopic (exact) mass is 199 g/mol. The smallest absolute Gasteiger partial charge is 0.0779 e. The molecule has 0 aromatic heterocycles. The summed E-state index contributed by atoms with van der Waals surface area (Å²) in [5.41, 5.74) is 0.0121. The van der Waals surface area contributed by atoms with Crippen molar-refractivity contribution in [3.8, 4) is 0 Å². The van der Waals surface area contributed by atoms with Gasteiger partial charge in [-0.15, -0.1) is 0 Å². The van der Waals surface area contributed by atoms with Crippen molar-refractivity contribution in [1.82, 2.24) is 5.32 Å². The van der Waals surface area contributed by atoms with Gasteiger partial charge in [0.2, 0.25) is 0 Å². The lowest BCUT2D eigenvalue weighted by Gasteiger charge is -2.39. The highest BCUT2D eigenvalue weighted by atomic mass is 16.5. The largest absolute Gasteiger partial charge is 0.381 e. The van der Waals surface area contributed by atoms with E-state index < -0.39 is 0 Å². The molecule has 1 N–H and O–H groups in total. The van der Waals surface area contributed by atoms with Crippen LogP contribution in [0.5, 0.6) is 0 Å². The van der Waals surface area contributed by atoms with Crippen LogP contribution < -0.4 is 5.32 Å². The first-order valence-corrected chi connectivity index (χ1v) is 5.54. The number of hydrogen-bond acceptors (Lipinski definition) is 3. The van der Waals surface area contributed by atoms with Gasteiger partial charge in [0.15, 0.2) is 0 Å². The summed E-state index contributed by atoms with van der Waals surface area (Å²) in [5.74, 6) is 0. The third kappa shape index (κ3) is 1.95. The number of rotatable bonds is 3. The van der Waals surface area contributed by atoms with Crippen LogP contribution in [0.2, 0.25) is 0 Å². The molecule has 1 atom stereocenters. The molecule has 0 bridgehead atoms. The average Bonchev–Trinajstić information content (AvgIpc) is 2.37. The van der Waals surface area contributed by atoms with Crippen LogP contribution in [0.1, 0.15) is 33.1 Å². The van der Waals surface area contributed by atoms with E-state index in [0.29, 0.717) is 18.2 Å². The summed E-state index contributed by atoms with van der Waals surface area (Å²) in [6.45, 7) is 5.24. The van der Waals surface area contributed by atoms with E-state index >= 15 is 0 Å². The maximum atomic E-state index is 5.68. The Labute approximate surface area is 86.2 Å². The molecule has 3 heteroatoms. The van der Waals surface area contributed by atoms with E-state index in [1.165, 1.54) is 0 Å². The topological polar surface area (TPSA) is 30.5 Å². The molecule has 0 amide bonds. The first-order valence-electron chi connectivity index (χ1n) is 5.54. The fourth-order valence-corrected chi connectivity index (χ4v) is 2.35. The minimum absolute atomic E-state index is 0.0121. The molecule has 0 spiro atoms. The van der Waals surface area contributed by atoms with Crippen molar-refractivity contribution in [2.75, 3.05) is 13.7 Å². The van der Waals surface area contributed by atoms with E-state index in [0.717, 1.165) is 25.9 Å². The summed E-state index contributed by atoms with van der Waals surface area (Å²) in [4.78, 5) is 0. The van der Waals surface area contributed by atoms with Crippen molar-refractivity contribution >= 4 is 0 Å². The van der Waals surface area contributed by atoms with Gasteiger partial charge < -0.3 is 14.8 Å². The zero-order valence-electron chi connectivity index (χ0n) is 9.38. The second kappa shape index (κ2) is 3.80. The number of hydrogen-bond donors (Lipinski definition) is 1. The van der Waals surface area contributed by atoms with Crippen molar-refractivity contribution in [3.05, 3.63) is 0 Å². The van der Waals surface area contributed by atoms with Gasteiger partial charge in [-0.25, -0.2) is 0 Å². The Hall–Kier alpha value is -0.120. The van der Waals surface area contributed by atoms with E-state index in [2.05, 4.69) is 19.2 Å². The normalized spacial score (nSPS) is 40.9. The molecular formula is C11H21NO2. The molecule has 3 nitrogen and oxygen atoms in total. The van der Waals surface area contributed by atoms with Crippen molar-refractivity contribution in [1.29, 1.82) is 0 Å². The zero-order chi connectivity index (χ0) is 10.2. The summed E-state index contributed by atoms with van der Waals surface area (Å²) in [7, 11) is 1.80. The number of methoxy groups -OCH3 is 1. The van der Waals surface area contributed by atoms with Crippen LogP contribution in [0.25, 0.3) is 0 Å². The van der Waals surface area contributed by atoms with Gasteiger partial charge in [0, 0.05) is 25.8 Å². The molecule has 1 unspecified atom stereocenters. The van der Waals surface area contributed by atoms with Crippen LogP contribution in [-0.4, -0.2) is 37.5 Å². The summed E-state index contributed by atoms with van der Waals surface area (Å²) in [6, 6.07) is 1.16. The van der Waals surface area contributed by atoms with E-state index in [9.17, 15) is 0 Å². The van der Waals surface area contributed by atoms with Gasteiger partial charge in [-0.2, -0.15) is 0 Å². The van der Waals surface area contributed by atoms with E-state index in [4.69, 9.17) is 9.47 Å². The average molecular weight is 199 g/mol. The van der Waals surface area contributed by atoms with Crippen LogP contribution in [-0.2, 0) is 9.47 Å². The SMILES string of the molecule is COC1CC(NC2CCOC2(C)C)C1. The fourth-order valence-electron chi connectivity index (χ4n) is 2.35. The second-order valence-electron chi connectivity index (χ2n) is 4.99. The lowest BCUT2D eigenvalue weighted by atomic mass is 9.87. The Balaban J connectivity index is 1.76. The molecule has 2 aliphatic rings. The predicted octanol–water partition coefficient (Wildman–Crippen LogP) is 1.32. The Morgan fingerprint density at radius 3 is 2.57 bits per heavy atom. The number of nitrogens with one attached hydrogen (secondary N) is 1. The fraction of sp³-hybridized carbons (Fsp3) is 1.00. The van der Waals surface area contributed by atoms with Gasteiger partial charge in [-0.1, -0.05) is 0 Å². The molecule has 0 radical (unpaired) electrons. The maximum Gasteiger partial charge on any atom is 0.0779 e. The van der Waals surface area contributed by atoms with E-state index in [1.807, 2.05) is 0 Å². The van der Waals surface area contributed by atoms with Gasteiger partial charge in [-0.3, -0.25) is 0 Å². The molecule has 2 rings (SSSR count). The molecule has 2 fully saturated rings. The lowest BCUT2D eigenvalue weighted by molar-refractivity contribution is -0.00819. The summed E-state index contributed by atoms with van der Waals surface area (Å²) >= 11 is 0. The molecule has 1 aliphatic carbocycles. The lowest BCUT2D eigenvalue weighted by Crippen LogP contribution is -2.54. The molecule has 1 saturated heterocycles. The van der Waals surface area contributed by atoms with Crippen LogP contribution in [0.3, 0.4) is 0 Å². The first kappa shape index (κ1) is 10.4. The van der Waals surface area contributed by atoms with Crippen LogP contribution in [0, 0.1) is 0 Å². The van der Waals surface area contributed by atoms with Crippen LogP contribution in [0.15, 0.2) is 0 Å². The molecule has 0 aromatic carbocycles. The quantitative estimate of drug-likeness (QED) is 0.743. The minimum atomic E-state index is 0.0121. The molecule has 1 aliphatic heterocycles. The zero-order valence-corrected chi connectivity index (χ0v) is 9.38. The maximum absolute atomic E-state index is 5.68. The predicted molar refractivity (Wildman–Crippen MR) is 55.4 cm³/mol. The van der Waals surface area contributed by atoms with Crippen molar-refractivity contribution in [2.45, 2.75) is 56.9 Å². The highest BCUT2D eigenvalue weighted by Crippen LogP contribution is 2.29. The van der Waals surface area contributed by atoms with Gasteiger partial charge in [0.25, 0.3) is 0 Å². The van der Waals surface area contributed by atoms with Crippen molar-refractivity contribution in [3.63, 3.8) is 0 Å². The third-order valence-corrected chi connectivity index (χ3v) is 3.58. The first-order chi connectivity index (χ1) is 6.62. The van der Waals surface area contributed by atoms with Gasteiger partial charge in [0.05, 0.1) is 11.7 Å². The molecule has 1 saturated carbocycles. The molecule has 1 heterocycles. The molecule has 0 aromatic rings. The summed E-state index contributed by atoms with van der Waals surface area (Å²) in [5, 5.41) is 3.66. The highest BCUT2D eigenvalue weighted by molar-refractivity contribution is 4.96. The molecule has 14 heavy (non-hydrogen) atoms. The number of ether oxygens (including phenoxy) is 2. The Morgan fingerprint density at radius 2 is 2.07 bits per heavy atom. The Bertz CT molecular complexity index is 199. The molecular weight excluding hydrogens is 178 g/mol. The standard InChI is InChI=1S/C11H21NO2/c1-11(2)10(4-5-14-11)12-8-6-9(7-8)13-3/h8-10,12H,4-7H2,1-3H3. The summed E-state index contributed by atoms with van der Waals surface area (Å²) in [6.07, 6.45) is 3.94. The van der Waals surface area contributed by atoms with E-state index in [-0.39, 0.29) is 5.60 Å². The Morgan fingerprint density at radius 1 is 1.36 bits per heavy atom. The highest BCUT2D eigenvalue weighted by Gasteiger charge is 2.39. The second-order valence-corrected chi connectivity index (χ2v) is 4.99. The minimum Gasteiger partial charge on any atom is -0.381 e. The van der Waals surface area contributed by atoms with Crippen LogP contribution >= 0.6 is 0 Å². The van der Waals surface area contributed by atoms with Crippen molar-refractivity contribution < 1.29 is 9.47 Å². The van der Waals surface area contributed by atoms with Gasteiger partial charge in [-0.05, 0) is 33.1 Å². The van der Waals surface area contributed by atoms with Gasteiger partial charge in [0.1, 0.15) is 0 Å². The summed E-state index contributed by atoms with van der Waals surface area (Å²) < 4.78 is 10.9. The Kier molecular flexibility index (Phi) is 2.82. The van der Waals surface area contributed by atoms with E-state index in [1.54, 1.807) is 7.11 Å². The van der Waals surface area contributed by atoms with Crippen molar-refractivity contribution in [2.24, 2.45) is 0 Å². The van der Waals surface area contributed by atoms with Gasteiger partial charge >= 0.3 is 0 Å².